The molecule has 1 aromatic heterocycles. The number of carbonyl (C=O) groups is 2. The fourth-order valence-corrected chi connectivity index (χ4v) is 3.20. The van der Waals surface area contributed by atoms with Crippen molar-refractivity contribution in [2.24, 2.45) is 0 Å². The highest BCUT2D eigenvalue weighted by Crippen LogP contribution is 2.21. The maximum absolute atomic E-state index is 12.2. The van der Waals surface area contributed by atoms with Crippen LogP contribution < -0.4 is 15.4 Å². The van der Waals surface area contributed by atoms with Crippen LogP contribution in [0.15, 0.2) is 66.0 Å². The molecule has 0 atom stereocenters. The van der Waals surface area contributed by atoms with E-state index in [1.54, 1.807) is 30.3 Å². The third-order valence-corrected chi connectivity index (χ3v) is 4.91. The van der Waals surface area contributed by atoms with Gasteiger partial charge in [0.15, 0.2) is 6.61 Å². The van der Waals surface area contributed by atoms with Gasteiger partial charge in [-0.15, -0.1) is 11.3 Å². The summed E-state index contributed by atoms with van der Waals surface area (Å²) in [7, 11) is 0. The van der Waals surface area contributed by atoms with Gasteiger partial charge in [0.2, 0.25) is 0 Å². The summed E-state index contributed by atoms with van der Waals surface area (Å²) in [6, 6.07) is 18.3. The van der Waals surface area contributed by atoms with Gasteiger partial charge in [-0.3, -0.25) is 9.59 Å². The number of benzene rings is 2. The van der Waals surface area contributed by atoms with Gasteiger partial charge in [-0.2, -0.15) is 0 Å². The summed E-state index contributed by atoms with van der Waals surface area (Å²) < 4.78 is 5.59. The highest BCUT2D eigenvalue weighted by molar-refractivity contribution is 7.12. The van der Waals surface area contributed by atoms with Gasteiger partial charge in [0.25, 0.3) is 11.8 Å². The Morgan fingerprint density at radius 1 is 0.964 bits per heavy atom. The zero-order chi connectivity index (χ0) is 19.9. The lowest BCUT2D eigenvalue weighted by Gasteiger charge is -2.11. The lowest BCUT2D eigenvalue weighted by Crippen LogP contribution is -2.20. The molecule has 0 saturated carbocycles. The SMILES string of the molecule is CC(C)c1cccc(OCC(=O)Nc2cccc(NC(=O)c3cccs3)c2)c1. The molecule has 0 aliphatic carbocycles. The number of anilines is 2. The predicted molar refractivity (Wildman–Crippen MR) is 113 cm³/mol. The van der Waals surface area contributed by atoms with Crippen molar-refractivity contribution >= 4 is 34.5 Å². The Balaban J connectivity index is 1.55. The second kappa shape index (κ2) is 9.19. The van der Waals surface area contributed by atoms with E-state index in [0.717, 1.165) is 5.56 Å². The number of amides is 2. The van der Waals surface area contributed by atoms with Gasteiger partial charge in [-0.25, -0.2) is 0 Å². The number of hydrogen-bond acceptors (Lipinski definition) is 4. The number of hydrogen-bond donors (Lipinski definition) is 2. The molecule has 0 radical (unpaired) electrons. The van der Waals surface area contributed by atoms with Crippen LogP contribution in [-0.2, 0) is 4.79 Å². The Bertz CT molecular complexity index is 952. The molecule has 2 aromatic carbocycles. The summed E-state index contributed by atoms with van der Waals surface area (Å²) in [5, 5.41) is 7.46. The van der Waals surface area contributed by atoms with E-state index in [1.165, 1.54) is 11.3 Å². The first-order chi connectivity index (χ1) is 13.5. The molecule has 0 spiro atoms. The average Bonchev–Trinajstić information content (AvgIpc) is 3.22. The molecular formula is C22H22N2O3S. The van der Waals surface area contributed by atoms with Crippen molar-refractivity contribution in [1.29, 1.82) is 0 Å². The van der Waals surface area contributed by atoms with Crippen LogP contribution in [0.2, 0.25) is 0 Å². The summed E-state index contributed by atoms with van der Waals surface area (Å²) in [5.74, 6) is 0.617. The molecule has 0 aliphatic heterocycles. The molecule has 0 aliphatic rings. The predicted octanol–water partition coefficient (Wildman–Crippen LogP) is 5.14. The fraction of sp³-hybridized carbons (Fsp3) is 0.182. The van der Waals surface area contributed by atoms with Gasteiger partial charge in [-0.1, -0.05) is 38.1 Å². The fourth-order valence-electron chi connectivity index (χ4n) is 2.58. The Labute approximate surface area is 168 Å². The van der Waals surface area contributed by atoms with E-state index in [4.69, 9.17) is 4.74 Å². The van der Waals surface area contributed by atoms with Crippen molar-refractivity contribution in [1.82, 2.24) is 0 Å². The normalized spacial score (nSPS) is 10.5. The summed E-state index contributed by atoms with van der Waals surface area (Å²) in [6.07, 6.45) is 0. The highest BCUT2D eigenvalue weighted by Gasteiger charge is 2.09. The molecule has 144 valence electrons. The second-order valence-corrected chi connectivity index (χ2v) is 7.52. The van der Waals surface area contributed by atoms with Gasteiger partial charge in [0.1, 0.15) is 5.75 Å². The number of rotatable bonds is 7. The van der Waals surface area contributed by atoms with Gasteiger partial charge in [-0.05, 0) is 53.3 Å². The maximum atomic E-state index is 12.2. The van der Waals surface area contributed by atoms with Crippen molar-refractivity contribution in [3.05, 3.63) is 76.5 Å². The quantitative estimate of drug-likeness (QED) is 0.583. The molecule has 1 heterocycles. The lowest BCUT2D eigenvalue weighted by atomic mass is 10.0. The molecular weight excluding hydrogens is 372 g/mol. The van der Waals surface area contributed by atoms with E-state index in [1.807, 2.05) is 35.7 Å². The van der Waals surface area contributed by atoms with E-state index >= 15 is 0 Å². The van der Waals surface area contributed by atoms with Crippen LogP contribution in [0.4, 0.5) is 11.4 Å². The minimum absolute atomic E-state index is 0.0899. The van der Waals surface area contributed by atoms with Crippen LogP contribution in [-0.4, -0.2) is 18.4 Å². The summed E-state index contributed by atoms with van der Waals surface area (Å²) >= 11 is 1.37. The largest absolute Gasteiger partial charge is 0.484 e. The van der Waals surface area contributed by atoms with E-state index in [2.05, 4.69) is 24.5 Å². The van der Waals surface area contributed by atoms with Crippen LogP contribution in [0.25, 0.3) is 0 Å². The van der Waals surface area contributed by atoms with E-state index < -0.39 is 0 Å². The third-order valence-electron chi connectivity index (χ3n) is 4.04. The standard InChI is InChI=1S/C22H22N2O3S/c1-15(2)16-6-3-9-19(12-16)27-14-21(25)23-17-7-4-8-18(13-17)24-22(26)20-10-5-11-28-20/h3-13,15H,14H2,1-2H3,(H,23,25)(H,24,26). The summed E-state index contributed by atoms with van der Waals surface area (Å²) in [5.41, 5.74) is 2.36. The van der Waals surface area contributed by atoms with Crippen molar-refractivity contribution in [3.8, 4) is 5.75 Å². The first-order valence-electron chi connectivity index (χ1n) is 8.99. The third kappa shape index (κ3) is 5.44. The molecule has 5 nitrogen and oxygen atoms in total. The first kappa shape index (κ1) is 19.6. The van der Waals surface area contributed by atoms with Gasteiger partial charge < -0.3 is 15.4 Å². The van der Waals surface area contributed by atoms with Crippen LogP contribution in [0.5, 0.6) is 5.75 Å². The molecule has 3 aromatic rings. The molecule has 0 bridgehead atoms. The van der Waals surface area contributed by atoms with Crippen molar-refractivity contribution < 1.29 is 14.3 Å². The zero-order valence-corrected chi connectivity index (χ0v) is 16.6. The van der Waals surface area contributed by atoms with Crippen LogP contribution in [0.1, 0.15) is 35.0 Å². The highest BCUT2D eigenvalue weighted by atomic mass is 32.1. The Kier molecular flexibility index (Phi) is 6.45. The average molecular weight is 394 g/mol. The topological polar surface area (TPSA) is 67.4 Å². The molecule has 6 heteroatoms. The first-order valence-corrected chi connectivity index (χ1v) is 9.87. The van der Waals surface area contributed by atoms with Crippen LogP contribution in [0, 0.1) is 0 Å². The summed E-state index contributed by atoms with van der Waals surface area (Å²) in [6.45, 7) is 4.12. The molecule has 0 saturated heterocycles. The van der Waals surface area contributed by atoms with E-state index in [0.29, 0.717) is 27.9 Å². The molecule has 0 unspecified atom stereocenters. The van der Waals surface area contributed by atoms with Crippen LogP contribution in [0.3, 0.4) is 0 Å². The van der Waals surface area contributed by atoms with Gasteiger partial charge >= 0.3 is 0 Å². The molecule has 2 amide bonds. The minimum Gasteiger partial charge on any atom is -0.484 e. The number of ether oxygens (including phenoxy) is 1. The molecule has 0 fully saturated rings. The Morgan fingerprint density at radius 3 is 2.43 bits per heavy atom. The summed E-state index contributed by atoms with van der Waals surface area (Å²) in [4.78, 5) is 25.0. The van der Waals surface area contributed by atoms with Crippen LogP contribution >= 0.6 is 11.3 Å². The monoisotopic (exact) mass is 394 g/mol. The Hall–Kier alpha value is -3.12. The molecule has 28 heavy (non-hydrogen) atoms. The smallest absolute Gasteiger partial charge is 0.265 e. The molecule has 2 N–H and O–H groups in total. The Morgan fingerprint density at radius 2 is 1.71 bits per heavy atom. The van der Waals surface area contributed by atoms with Crippen molar-refractivity contribution in [2.45, 2.75) is 19.8 Å². The van der Waals surface area contributed by atoms with Crippen molar-refractivity contribution in [2.75, 3.05) is 17.2 Å². The van der Waals surface area contributed by atoms with E-state index in [-0.39, 0.29) is 18.4 Å². The molecule has 3 rings (SSSR count). The minimum atomic E-state index is -0.267. The van der Waals surface area contributed by atoms with Gasteiger partial charge in [0.05, 0.1) is 4.88 Å². The number of thiophene rings is 1. The zero-order valence-electron chi connectivity index (χ0n) is 15.8. The van der Waals surface area contributed by atoms with Gasteiger partial charge in [0, 0.05) is 11.4 Å². The number of nitrogens with one attached hydrogen (secondary N) is 2. The second-order valence-electron chi connectivity index (χ2n) is 6.58. The van der Waals surface area contributed by atoms with Crippen molar-refractivity contribution in [3.63, 3.8) is 0 Å². The number of carbonyl (C=O) groups excluding carboxylic acids is 2. The lowest BCUT2D eigenvalue weighted by molar-refractivity contribution is -0.118. The van der Waals surface area contributed by atoms with E-state index in [9.17, 15) is 9.59 Å². The maximum Gasteiger partial charge on any atom is 0.265 e.